The monoisotopic (exact) mass is 799 g/mol. The number of aryl methyl sites for hydroxylation is 1. The fourth-order valence-electron chi connectivity index (χ4n) is 9.03. The van der Waals surface area contributed by atoms with Crippen LogP contribution in [0.4, 0.5) is 26.3 Å². The molecule has 0 radical (unpaired) electrons. The van der Waals surface area contributed by atoms with E-state index in [0.717, 1.165) is 69.3 Å². The molecule has 0 heterocycles. The van der Waals surface area contributed by atoms with Gasteiger partial charge in [-0.05, 0) is 132 Å². The molecule has 53 heavy (non-hydrogen) atoms. The lowest BCUT2D eigenvalue weighted by Gasteiger charge is -2.50. The van der Waals surface area contributed by atoms with Gasteiger partial charge in [0, 0.05) is 30.2 Å². The summed E-state index contributed by atoms with van der Waals surface area (Å²) >= 11 is 0. The van der Waals surface area contributed by atoms with Gasteiger partial charge in [0.1, 0.15) is 5.75 Å². The Hall–Kier alpha value is -0.860. The van der Waals surface area contributed by atoms with E-state index < -0.39 is 31.0 Å². The maximum absolute atomic E-state index is 13.6. The lowest BCUT2D eigenvalue weighted by Crippen LogP contribution is -2.59. The quantitative estimate of drug-likeness (QED) is 0.0712. The first-order valence-corrected chi connectivity index (χ1v) is 22.0. The Kier molecular flexibility index (Phi) is 16.5. The Bertz CT molecular complexity index is 1250. The molecule has 1 aromatic rings. The van der Waals surface area contributed by atoms with Crippen LogP contribution in [0.5, 0.6) is 5.75 Å². The number of unbranched alkanes of at least 4 members (excludes halogenated alkanes) is 3. The number of alkyl halides is 6. The van der Waals surface area contributed by atoms with Gasteiger partial charge in [-0.2, -0.15) is 26.3 Å². The van der Waals surface area contributed by atoms with E-state index in [1.165, 1.54) is 30.9 Å². The molecule has 0 bridgehead atoms. The van der Waals surface area contributed by atoms with Gasteiger partial charge in [-0.3, -0.25) is 0 Å². The van der Waals surface area contributed by atoms with Gasteiger partial charge >= 0.3 is 12.4 Å². The summed E-state index contributed by atoms with van der Waals surface area (Å²) in [5.41, 5.74) is -1.22. The van der Waals surface area contributed by atoms with E-state index in [0.29, 0.717) is 37.5 Å². The molecule has 1 aromatic carbocycles. The third kappa shape index (κ3) is 11.4. The second-order valence-corrected chi connectivity index (χ2v) is 19.5. The van der Waals surface area contributed by atoms with Gasteiger partial charge in [-0.1, -0.05) is 60.8 Å². The van der Waals surface area contributed by atoms with Gasteiger partial charge < -0.3 is 24.2 Å². The Labute approximate surface area is 321 Å². The Morgan fingerprint density at radius 2 is 1.62 bits per heavy atom. The molecular formula is C40H63F6NO4S2. The average molecular weight is 800 g/mol. The summed E-state index contributed by atoms with van der Waals surface area (Å²) < 4.78 is 98.9. The van der Waals surface area contributed by atoms with Crippen LogP contribution < -0.4 is 4.74 Å². The van der Waals surface area contributed by atoms with Crippen LogP contribution in [0.3, 0.4) is 0 Å². The number of hydrogen-bond acceptors (Lipinski definition) is 7. The van der Waals surface area contributed by atoms with E-state index in [9.17, 15) is 26.3 Å². The molecule has 5 atom stereocenters. The van der Waals surface area contributed by atoms with E-state index in [1.54, 1.807) is 11.9 Å². The van der Waals surface area contributed by atoms with Gasteiger partial charge in [0.15, 0.2) is 0 Å². The van der Waals surface area contributed by atoms with E-state index >= 15 is 0 Å². The highest BCUT2D eigenvalue weighted by atomic mass is 33.1. The Morgan fingerprint density at radius 1 is 0.906 bits per heavy atom. The summed E-state index contributed by atoms with van der Waals surface area (Å²) in [7, 11) is 5.55. The van der Waals surface area contributed by atoms with Crippen LogP contribution in [-0.2, 0) is 15.9 Å². The molecule has 3 aliphatic rings. The molecule has 3 unspecified atom stereocenters. The topological polar surface area (TPSA) is 51.2 Å². The minimum absolute atomic E-state index is 0.0472. The van der Waals surface area contributed by atoms with Crippen LogP contribution in [0.2, 0.25) is 0 Å². The third-order valence-electron chi connectivity index (χ3n) is 12.1. The van der Waals surface area contributed by atoms with Crippen LogP contribution in [0.25, 0.3) is 0 Å². The predicted octanol–water partition coefficient (Wildman–Crippen LogP) is 11.0. The van der Waals surface area contributed by atoms with E-state index in [2.05, 4.69) is 43.7 Å². The number of hydrogen-bond donors (Lipinski definition) is 1. The zero-order chi connectivity index (χ0) is 38.9. The molecule has 0 amide bonds. The van der Waals surface area contributed by atoms with Gasteiger partial charge in [-0.25, -0.2) is 0 Å². The summed E-state index contributed by atoms with van der Waals surface area (Å²) in [5, 5.41) is 8.92. The van der Waals surface area contributed by atoms with Crippen LogP contribution in [0.1, 0.15) is 122 Å². The minimum atomic E-state index is -5.55. The zero-order valence-electron chi connectivity index (χ0n) is 32.4. The molecule has 4 rings (SSSR count). The normalized spacial score (nSPS) is 25.0. The first kappa shape index (κ1) is 44.8. The number of aliphatic hydroxyl groups is 1. The van der Waals surface area contributed by atoms with Gasteiger partial charge in [-0.15, -0.1) is 0 Å². The molecule has 0 spiro atoms. The second kappa shape index (κ2) is 19.5. The molecular weight excluding hydrogens is 737 g/mol. The average Bonchev–Trinajstić information content (AvgIpc) is 3.42. The first-order chi connectivity index (χ1) is 25.0. The molecule has 5 nitrogen and oxygen atoms in total. The summed E-state index contributed by atoms with van der Waals surface area (Å²) in [6, 6.07) is 6.71. The van der Waals surface area contributed by atoms with Crippen molar-refractivity contribution in [1.82, 2.24) is 4.90 Å². The number of rotatable bonds is 22. The fourth-order valence-corrected chi connectivity index (χ4v) is 11.7. The van der Waals surface area contributed by atoms with E-state index in [1.807, 2.05) is 21.6 Å². The van der Waals surface area contributed by atoms with Crippen molar-refractivity contribution in [3.63, 3.8) is 0 Å². The molecule has 0 saturated heterocycles. The van der Waals surface area contributed by atoms with Crippen molar-refractivity contribution in [2.75, 3.05) is 52.3 Å². The van der Waals surface area contributed by atoms with Crippen molar-refractivity contribution in [3.05, 3.63) is 29.3 Å². The van der Waals surface area contributed by atoms with Crippen molar-refractivity contribution < 1.29 is 45.7 Å². The number of nitrogens with zero attached hydrogens (tertiary/aromatic N) is 1. The van der Waals surface area contributed by atoms with Gasteiger partial charge in [0.05, 0.1) is 25.9 Å². The van der Waals surface area contributed by atoms with Gasteiger partial charge in [0.2, 0.25) is 0 Å². The van der Waals surface area contributed by atoms with Crippen molar-refractivity contribution in [1.29, 1.82) is 0 Å². The van der Waals surface area contributed by atoms with Crippen molar-refractivity contribution in [2.45, 2.75) is 146 Å². The highest BCUT2D eigenvalue weighted by molar-refractivity contribution is 8.77. The fraction of sp³-hybridized carbons (Fsp3) is 0.850. The van der Waals surface area contributed by atoms with E-state index in [-0.39, 0.29) is 35.8 Å². The molecule has 1 N–H and O–H groups in total. The highest BCUT2D eigenvalue weighted by Gasteiger charge is 2.71. The maximum atomic E-state index is 13.6. The van der Waals surface area contributed by atoms with Crippen LogP contribution in [-0.4, -0.2) is 91.1 Å². The summed E-state index contributed by atoms with van der Waals surface area (Å²) in [4.78, 5) is 1.68. The number of fused-ring (bicyclic) bond motifs is 5. The van der Waals surface area contributed by atoms with E-state index in [4.69, 9.17) is 14.6 Å². The first-order valence-electron chi connectivity index (χ1n) is 19.7. The summed E-state index contributed by atoms with van der Waals surface area (Å²) in [5.74, 6) is 3.76. The summed E-state index contributed by atoms with van der Waals surface area (Å²) in [6.45, 7) is 9.19. The number of aliphatic hydroxyl groups excluding tert-OH is 1. The molecule has 306 valence electrons. The third-order valence-corrected chi connectivity index (χ3v) is 15.6. The van der Waals surface area contributed by atoms with Crippen molar-refractivity contribution in [3.8, 4) is 5.75 Å². The van der Waals surface area contributed by atoms with Crippen molar-refractivity contribution in [2.24, 2.45) is 17.3 Å². The molecule has 2 fully saturated rings. The Balaban J connectivity index is 1.21. The van der Waals surface area contributed by atoms with Crippen LogP contribution in [0.15, 0.2) is 18.2 Å². The molecule has 3 aliphatic carbocycles. The number of benzene rings is 1. The lowest BCUT2D eigenvalue weighted by molar-refractivity contribution is -0.383. The minimum Gasteiger partial charge on any atom is -0.494 e. The SMILES string of the molecule is CCCC(OCCN(C)CCO[C@H]1CCC2C3CCc4cc(OCCC(C)(C)SSCCCCCCO)ccc4C3CC[C@@]21C)(C(F)(F)F)C(F)(F)F. The molecule has 0 aliphatic heterocycles. The van der Waals surface area contributed by atoms with Crippen LogP contribution in [0, 0.1) is 17.3 Å². The molecule has 13 heteroatoms. The smallest absolute Gasteiger partial charge is 0.426 e. The predicted molar refractivity (Wildman–Crippen MR) is 204 cm³/mol. The molecule has 0 aromatic heterocycles. The zero-order valence-corrected chi connectivity index (χ0v) is 34.0. The van der Waals surface area contributed by atoms with Crippen molar-refractivity contribution >= 4 is 21.6 Å². The Morgan fingerprint density at radius 3 is 2.32 bits per heavy atom. The number of ether oxygens (including phenoxy) is 3. The highest BCUT2D eigenvalue weighted by Crippen LogP contribution is 2.61. The van der Waals surface area contributed by atoms with Crippen LogP contribution >= 0.6 is 21.6 Å². The maximum Gasteiger partial charge on any atom is 0.426 e. The molecule has 2 saturated carbocycles. The second-order valence-electron chi connectivity index (χ2n) is 16.4. The number of likely N-dealkylation sites (N-methyl/N-ethyl adjacent to an activating group) is 1. The van der Waals surface area contributed by atoms with Gasteiger partial charge in [0.25, 0.3) is 5.60 Å². The lowest BCUT2D eigenvalue weighted by atomic mass is 9.55. The standard InChI is InChI=1S/C40H63F6NO4S2/c1-6-18-38(39(41,42)43,40(44,45)46)51-26-22-47(5)21-25-50-35-16-15-34-33-13-11-29-28-30(12-14-31(29)32(33)17-19-37(34,35)4)49-24-20-36(2,3)53-52-27-10-8-7-9-23-48/h12,14,28,32-35,48H,6-11,13,15-27H2,1-5H3/t32?,33?,34?,35-,37-/m0/s1. The number of halogens is 6. The largest absolute Gasteiger partial charge is 0.494 e. The summed E-state index contributed by atoms with van der Waals surface area (Å²) in [6.07, 6.45) is -0.742.